The molecule has 1 amide bonds. The predicted molar refractivity (Wildman–Crippen MR) is 106 cm³/mol. The van der Waals surface area contributed by atoms with Gasteiger partial charge in [-0.2, -0.15) is 0 Å². The zero-order chi connectivity index (χ0) is 19.7. The van der Waals surface area contributed by atoms with Crippen molar-refractivity contribution in [1.82, 2.24) is 14.5 Å². The van der Waals surface area contributed by atoms with E-state index in [1.165, 1.54) is 0 Å². The molecule has 1 saturated heterocycles. The monoisotopic (exact) mass is 369 g/mol. The van der Waals surface area contributed by atoms with E-state index in [9.17, 15) is 4.79 Å². The summed E-state index contributed by atoms with van der Waals surface area (Å²) in [5.74, 6) is 0.342. The van der Waals surface area contributed by atoms with Crippen molar-refractivity contribution in [2.24, 2.45) is 0 Å². The molecule has 1 aliphatic rings. The number of pyridine rings is 1. The number of ether oxygens (including phenoxy) is 1. The zero-order valence-corrected chi connectivity index (χ0v) is 16.3. The number of hydrogen-bond donors (Lipinski definition) is 2. The summed E-state index contributed by atoms with van der Waals surface area (Å²) in [7, 11) is 0. The SMILES string of the molecule is CC(C)Oc1nccc(N)c1C(=N)c1cc(C(=O)N2CCC2)n(C(C)C)c1. The number of likely N-dealkylation sites (tertiary alicyclic amines) is 1. The molecule has 3 N–H and O–H groups in total. The molecule has 0 bridgehead atoms. The molecule has 27 heavy (non-hydrogen) atoms. The van der Waals surface area contributed by atoms with E-state index in [1.807, 2.05) is 43.4 Å². The molecule has 3 rings (SSSR count). The fraction of sp³-hybridized carbons (Fsp3) is 0.450. The minimum atomic E-state index is -0.0883. The van der Waals surface area contributed by atoms with E-state index in [0.29, 0.717) is 28.4 Å². The summed E-state index contributed by atoms with van der Waals surface area (Å²) in [6.07, 6.45) is 4.36. The molecular formula is C20H27N5O2. The van der Waals surface area contributed by atoms with Gasteiger partial charge < -0.3 is 19.9 Å². The Morgan fingerprint density at radius 2 is 2.00 bits per heavy atom. The van der Waals surface area contributed by atoms with Gasteiger partial charge in [0.1, 0.15) is 5.69 Å². The molecule has 0 aliphatic carbocycles. The fourth-order valence-electron chi connectivity index (χ4n) is 3.06. The highest BCUT2D eigenvalue weighted by atomic mass is 16.5. The summed E-state index contributed by atoms with van der Waals surface area (Å²) >= 11 is 0. The predicted octanol–water partition coefficient (Wildman–Crippen LogP) is 3.10. The average molecular weight is 369 g/mol. The summed E-state index contributed by atoms with van der Waals surface area (Å²) in [4.78, 5) is 18.9. The largest absolute Gasteiger partial charge is 0.474 e. The van der Waals surface area contributed by atoms with Crippen LogP contribution in [0.4, 0.5) is 5.69 Å². The van der Waals surface area contributed by atoms with Crippen LogP contribution >= 0.6 is 0 Å². The second-order valence-corrected chi connectivity index (χ2v) is 7.38. The van der Waals surface area contributed by atoms with Crippen molar-refractivity contribution in [1.29, 1.82) is 5.41 Å². The summed E-state index contributed by atoms with van der Waals surface area (Å²) < 4.78 is 7.67. The van der Waals surface area contributed by atoms with Crippen LogP contribution < -0.4 is 10.5 Å². The third kappa shape index (κ3) is 3.67. The lowest BCUT2D eigenvalue weighted by molar-refractivity contribution is 0.0639. The van der Waals surface area contributed by atoms with Crippen LogP contribution in [0.25, 0.3) is 0 Å². The molecule has 0 unspecified atom stereocenters. The van der Waals surface area contributed by atoms with Gasteiger partial charge in [-0.3, -0.25) is 10.2 Å². The van der Waals surface area contributed by atoms with Gasteiger partial charge in [0.2, 0.25) is 5.88 Å². The maximum atomic E-state index is 12.8. The Morgan fingerprint density at radius 1 is 1.30 bits per heavy atom. The third-order valence-corrected chi connectivity index (χ3v) is 4.60. The molecule has 0 radical (unpaired) electrons. The van der Waals surface area contributed by atoms with Gasteiger partial charge >= 0.3 is 0 Å². The standard InChI is InChI=1S/C20H27N5O2/c1-12(2)25-11-14(10-16(25)20(26)24-8-5-9-24)18(22)17-15(21)6-7-23-19(17)27-13(3)4/h6-7,10-13,22H,5,8-9H2,1-4H3,(H2,21,23). The maximum Gasteiger partial charge on any atom is 0.270 e. The van der Waals surface area contributed by atoms with E-state index >= 15 is 0 Å². The van der Waals surface area contributed by atoms with Gasteiger partial charge in [-0.15, -0.1) is 0 Å². The molecule has 2 aromatic rings. The second-order valence-electron chi connectivity index (χ2n) is 7.38. The number of nitrogen functional groups attached to an aromatic ring is 1. The van der Waals surface area contributed by atoms with Crippen molar-refractivity contribution >= 4 is 17.3 Å². The molecule has 2 aromatic heterocycles. The Morgan fingerprint density at radius 3 is 2.56 bits per heavy atom. The molecule has 7 heteroatoms. The molecule has 0 atom stereocenters. The zero-order valence-electron chi connectivity index (χ0n) is 16.3. The van der Waals surface area contributed by atoms with E-state index in [2.05, 4.69) is 4.98 Å². The summed E-state index contributed by atoms with van der Waals surface area (Å²) in [5.41, 5.74) is 8.44. The van der Waals surface area contributed by atoms with Gasteiger partial charge in [-0.1, -0.05) is 0 Å². The van der Waals surface area contributed by atoms with Crippen LogP contribution in [0.2, 0.25) is 0 Å². The van der Waals surface area contributed by atoms with Gasteiger partial charge in [0.05, 0.1) is 17.4 Å². The van der Waals surface area contributed by atoms with Gasteiger partial charge in [0.15, 0.2) is 0 Å². The van der Waals surface area contributed by atoms with Crippen molar-refractivity contribution < 1.29 is 9.53 Å². The van der Waals surface area contributed by atoms with Gasteiger partial charge in [0.25, 0.3) is 5.91 Å². The number of hydrogen-bond acceptors (Lipinski definition) is 5. The first kappa shape index (κ1) is 18.9. The maximum absolute atomic E-state index is 12.8. The molecule has 0 saturated carbocycles. The van der Waals surface area contributed by atoms with Crippen molar-refractivity contribution in [2.45, 2.75) is 46.3 Å². The number of nitrogens with zero attached hydrogens (tertiary/aromatic N) is 3. The van der Waals surface area contributed by atoms with E-state index in [1.54, 1.807) is 18.3 Å². The van der Waals surface area contributed by atoms with Crippen LogP contribution in [0.5, 0.6) is 5.88 Å². The molecule has 3 heterocycles. The Kier molecular flexibility index (Phi) is 5.21. The first-order valence-corrected chi connectivity index (χ1v) is 9.31. The molecule has 0 aromatic carbocycles. The van der Waals surface area contributed by atoms with E-state index in [-0.39, 0.29) is 23.8 Å². The molecule has 1 fully saturated rings. The number of carbonyl (C=O) groups excluding carboxylic acids is 1. The minimum Gasteiger partial charge on any atom is -0.474 e. The number of aromatic nitrogens is 2. The molecular weight excluding hydrogens is 342 g/mol. The first-order valence-electron chi connectivity index (χ1n) is 9.31. The normalized spacial score (nSPS) is 13.8. The summed E-state index contributed by atoms with van der Waals surface area (Å²) in [6, 6.07) is 3.53. The van der Waals surface area contributed by atoms with Crippen LogP contribution in [-0.4, -0.2) is 45.3 Å². The Balaban J connectivity index is 2.02. The van der Waals surface area contributed by atoms with Crippen molar-refractivity contribution in [3.63, 3.8) is 0 Å². The molecule has 144 valence electrons. The highest BCUT2D eigenvalue weighted by Gasteiger charge is 2.27. The first-order chi connectivity index (χ1) is 12.8. The Labute approximate surface area is 159 Å². The number of nitrogens with two attached hydrogens (primary N) is 1. The van der Waals surface area contributed by atoms with Gasteiger partial charge in [0, 0.05) is 42.8 Å². The van der Waals surface area contributed by atoms with E-state index in [0.717, 1.165) is 19.5 Å². The number of nitrogens with one attached hydrogen (secondary N) is 1. The highest BCUT2D eigenvalue weighted by Crippen LogP contribution is 2.28. The summed E-state index contributed by atoms with van der Waals surface area (Å²) in [6.45, 7) is 9.42. The van der Waals surface area contributed by atoms with Crippen LogP contribution in [-0.2, 0) is 0 Å². The fourth-order valence-corrected chi connectivity index (χ4v) is 3.06. The summed E-state index contributed by atoms with van der Waals surface area (Å²) in [5, 5.41) is 8.72. The number of rotatable bonds is 6. The van der Waals surface area contributed by atoms with Crippen LogP contribution in [0, 0.1) is 5.41 Å². The lowest BCUT2D eigenvalue weighted by Gasteiger charge is -2.31. The highest BCUT2D eigenvalue weighted by molar-refractivity contribution is 6.16. The molecule has 1 aliphatic heterocycles. The smallest absolute Gasteiger partial charge is 0.270 e. The van der Waals surface area contributed by atoms with Gasteiger partial charge in [-0.25, -0.2) is 4.98 Å². The van der Waals surface area contributed by atoms with Crippen molar-refractivity contribution in [3.05, 3.63) is 41.3 Å². The lowest BCUT2D eigenvalue weighted by atomic mass is 10.0. The number of anilines is 1. The van der Waals surface area contributed by atoms with Crippen LogP contribution in [0.15, 0.2) is 24.5 Å². The second kappa shape index (κ2) is 7.42. The van der Waals surface area contributed by atoms with E-state index in [4.69, 9.17) is 15.9 Å². The van der Waals surface area contributed by atoms with Gasteiger partial charge in [-0.05, 0) is 46.2 Å². The Hall–Kier alpha value is -2.83. The van der Waals surface area contributed by atoms with Crippen molar-refractivity contribution in [3.8, 4) is 5.88 Å². The van der Waals surface area contributed by atoms with Crippen LogP contribution in [0.3, 0.4) is 0 Å². The lowest BCUT2D eigenvalue weighted by Crippen LogP contribution is -2.42. The molecule has 7 nitrogen and oxygen atoms in total. The average Bonchev–Trinajstić information content (AvgIpc) is 2.98. The third-order valence-electron chi connectivity index (χ3n) is 4.60. The molecule has 0 spiro atoms. The quantitative estimate of drug-likeness (QED) is 0.765. The number of amides is 1. The van der Waals surface area contributed by atoms with E-state index < -0.39 is 0 Å². The van der Waals surface area contributed by atoms with Crippen molar-refractivity contribution in [2.75, 3.05) is 18.8 Å². The topological polar surface area (TPSA) is 97.2 Å². The van der Waals surface area contributed by atoms with Crippen LogP contribution in [0.1, 0.15) is 61.8 Å². The Bertz CT molecular complexity index is 865. The minimum absolute atomic E-state index is 0.00631. The number of carbonyl (C=O) groups is 1.